The zero-order valence-electron chi connectivity index (χ0n) is 26.0. The third-order valence-corrected chi connectivity index (χ3v) is 11.1. The SMILES string of the molecule is O=C(NCC(c1ccccc1)c1ccccc1)C1CN(C(=O)CCN2CCCCC2)CCN1S(=O)(=O)c1cccc2cccnc12. The summed E-state index contributed by atoms with van der Waals surface area (Å²) in [6.07, 6.45) is 5.42. The molecule has 0 aliphatic carbocycles. The van der Waals surface area contributed by atoms with E-state index in [4.69, 9.17) is 0 Å². The molecule has 4 aromatic rings. The largest absolute Gasteiger partial charge is 0.354 e. The highest BCUT2D eigenvalue weighted by molar-refractivity contribution is 7.89. The molecule has 9 nitrogen and oxygen atoms in total. The third-order valence-electron chi connectivity index (χ3n) is 9.14. The number of sulfonamides is 1. The van der Waals surface area contributed by atoms with Crippen LogP contribution in [0.25, 0.3) is 10.9 Å². The van der Waals surface area contributed by atoms with Gasteiger partial charge in [-0.05, 0) is 49.2 Å². The third kappa shape index (κ3) is 7.14. The highest BCUT2D eigenvalue weighted by Gasteiger charge is 2.42. The van der Waals surface area contributed by atoms with Crippen molar-refractivity contribution in [2.45, 2.75) is 42.5 Å². The fourth-order valence-electron chi connectivity index (χ4n) is 6.62. The Morgan fingerprint density at radius 3 is 2.17 bits per heavy atom. The van der Waals surface area contributed by atoms with E-state index in [1.807, 2.05) is 72.8 Å². The van der Waals surface area contributed by atoms with Crippen LogP contribution in [0.1, 0.15) is 42.7 Å². The summed E-state index contributed by atoms with van der Waals surface area (Å²) in [6, 6.07) is 27.4. The lowest BCUT2D eigenvalue weighted by atomic mass is 9.91. The number of fused-ring (bicyclic) bond motifs is 1. The van der Waals surface area contributed by atoms with Crippen molar-refractivity contribution in [3.8, 4) is 0 Å². The number of aromatic nitrogens is 1. The van der Waals surface area contributed by atoms with Crippen LogP contribution in [-0.4, -0.2) is 91.2 Å². The molecule has 0 bridgehead atoms. The standard InChI is InChI=1S/C36H41N5O4S/c42-34(19-23-39-21-8-3-9-22-39)40-24-25-41(46(44,45)33-18-10-16-30-17-11-20-37-35(30)33)32(27-40)36(43)38-26-31(28-12-4-1-5-13-28)29-14-6-2-7-15-29/h1-2,4-7,10-18,20,31-32H,3,8-9,19,21-27H2,(H,38,43). The minimum Gasteiger partial charge on any atom is -0.354 e. The van der Waals surface area contributed by atoms with Crippen molar-refractivity contribution >= 4 is 32.7 Å². The van der Waals surface area contributed by atoms with Crippen LogP contribution in [0.4, 0.5) is 0 Å². The van der Waals surface area contributed by atoms with Gasteiger partial charge in [-0.25, -0.2) is 8.42 Å². The molecule has 2 fully saturated rings. The molecule has 46 heavy (non-hydrogen) atoms. The van der Waals surface area contributed by atoms with Crippen molar-refractivity contribution in [2.24, 2.45) is 0 Å². The minimum absolute atomic E-state index is 0.0105. The average molecular weight is 640 g/mol. The summed E-state index contributed by atoms with van der Waals surface area (Å²) >= 11 is 0. The predicted octanol–water partition coefficient (Wildman–Crippen LogP) is 4.26. The quantitative estimate of drug-likeness (QED) is 0.278. The number of likely N-dealkylation sites (tertiary alicyclic amines) is 1. The summed E-state index contributed by atoms with van der Waals surface area (Å²) in [7, 11) is -4.14. The van der Waals surface area contributed by atoms with E-state index in [0.29, 0.717) is 23.9 Å². The molecule has 1 atom stereocenters. The first-order valence-corrected chi connectivity index (χ1v) is 17.6. The highest BCUT2D eigenvalue weighted by Crippen LogP contribution is 2.28. The molecule has 2 aliphatic rings. The molecule has 0 radical (unpaired) electrons. The van der Waals surface area contributed by atoms with Gasteiger partial charge in [-0.2, -0.15) is 4.31 Å². The molecule has 3 aromatic carbocycles. The van der Waals surface area contributed by atoms with Crippen LogP contribution in [0, 0.1) is 0 Å². The van der Waals surface area contributed by atoms with Gasteiger partial charge in [0.1, 0.15) is 10.9 Å². The molecule has 1 unspecified atom stereocenters. The molecular weight excluding hydrogens is 598 g/mol. The van der Waals surface area contributed by atoms with Gasteiger partial charge in [0.15, 0.2) is 0 Å². The Morgan fingerprint density at radius 2 is 1.48 bits per heavy atom. The highest BCUT2D eigenvalue weighted by atomic mass is 32.2. The maximum atomic E-state index is 14.3. The summed E-state index contributed by atoms with van der Waals surface area (Å²) in [6.45, 7) is 3.16. The van der Waals surface area contributed by atoms with E-state index >= 15 is 0 Å². The molecule has 0 spiro atoms. The Bertz CT molecular complexity index is 1700. The zero-order chi connectivity index (χ0) is 31.9. The van der Waals surface area contributed by atoms with E-state index < -0.39 is 22.0 Å². The lowest BCUT2D eigenvalue weighted by Gasteiger charge is -2.40. The first kappa shape index (κ1) is 31.8. The predicted molar refractivity (Wildman–Crippen MR) is 179 cm³/mol. The number of nitrogens with zero attached hydrogens (tertiary/aromatic N) is 4. The lowest BCUT2D eigenvalue weighted by molar-refractivity contribution is -0.136. The van der Waals surface area contributed by atoms with Gasteiger partial charge in [0.2, 0.25) is 21.8 Å². The second-order valence-corrected chi connectivity index (χ2v) is 13.9. The molecule has 2 amide bonds. The second-order valence-electron chi connectivity index (χ2n) is 12.1. The molecule has 0 saturated carbocycles. The van der Waals surface area contributed by atoms with E-state index in [0.717, 1.165) is 37.1 Å². The Balaban J connectivity index is 1.26. The molecule has 6 rings (SSSR count). The number of hydrogen-bond acceptors (Lipinski definition) is 6. The van der Waals surface area contributed by atoms with Gasteiger partial charge in [0.05, 0.1) is 5.52 Å². The summed E-state index contributed by atoms with van der Waals surface area (Å²) in [5, 5.41) is 3.78. The average Bonchev–Trinajstić information content (AvgIpc) is 3.11. The molecule has 1 N–H and O–H groups in total. The van der Waals surface area contributed by atoms with Crippen LogP contribution in [-0.2, 0) is 19.6 Å². The zero-order valence-corrected chi connectivity index (χ0v) is 26.8. The van der Waals surface area contributed by atoms with Gasteiger partial charge in [-0.3, -0.25) is 14.6 Å². The van der Waals surface area contributed by atoms with E-state index in [2.05, 4.69) is 15.2 Å². The van der Waals surface area contributed by atoms with E-state index in [1.165, 1.54) is 16.8 Å². The molecule has 10 heteroatoms. The lowest BCUT2D eigenvalue weighted by Crippen LogP contribution is -2.61. The van der Waals surface area contributed by atoms with Gasteiger partial charge < -0.3 is 15.1 Å². The van der Waals surface area contributed by atoms with Crippen LogP contribution < -0.4 is 5.32 Å². The van der Waals surface area contributed by atoms with Gasteiger partial charge in [0.25, 0.3) is 0 Å². The summed E-state index contributed by atoms with van der Waals surface area (Å²) in [5.41, 5.74) is 2.44. The van der Waals surface area contributed by atoms with Crippen molar-refractivity contribution in [3.05, 3.63) is 108 Å². The van der Waals surface area contributed by atoms with E-state index in [1.54, 1.807) is 23.2 Å². The number of para-hydroxylation sites is 1. The molecule has 240 valence electrons. The molecule has 1 aromatic heterocycles. The first-order chi connectivity index (χ1) is 22.4. The van der Waals surface area contributed by atoms with Gasteiger partial charge >= 0.3 is 0 Å². The van der Waals surface area contributed by atoms with Crippen LogP contribution in [0.3, 0.4) is 0 Å². The van der Waals surface area contributed by atoms with Crippen molar-refractivity contribution in [1.29, 1.82) is 0 Å². The van der Waals surface area contributed by atoms with E-state index in [-0.39, 0.29) is 42.9 Å². The smallest absolute Gasteiger partial charge is 0.246 e. The number of piperidine rings is 1. The topological polar surface area (TPSA) is 103 Å². The van der Waals surface area contributed by atoms with Crippen LogP contribution in [0.15, 0.2) is 102 Å². The fraction of sp³-hybridized carbons (Fsp3) is 0.361. The number of piperazine rings is 1. The molecule has 2 aliphatic heterocycles. The maximum Gasteiger partial charge on any atom is 0.246 e. The molecular formula is C36H41N5O4S. The van der Waals surface area contributed by atoms with Crippen LogP contribution >= 0.6 is 0 Å². The molecule has 2 saturated heterocycles. The monoisotopic (exact) mass is 639 g/mol. The van der Waals surface area contributed by atoms with Crippen LogP contribution in [0.2, 0.25) is 0 Å². The number of benzene rings is 3. The Morgan fingerprint density at radius 1 is 0.804 bits per heavy atom. The number of hydrogen-bond donors (Lipinski definition) is 1. The summed E-state index contributed by atoms with van der Waals surface area (Å²) in [5.74, 6) is -0.620. The van der Waals surface area contributed by atoms with Gasteiger partial charge in [-0.1, -0.05) is 85.3 Å². The van der Waals surface area contributed by atoms with Crippen LogP contribution in [0.5, 0.6) is 0 Å². The minimum atomic E-state index is -4.14. The Hall–Kier alpha value is -4.12. The Labute approximate surface area is 271 Å². The number of pyridine rings is 1. The number of carbonyl (C=O) groups excluding carboxylic acids is 2. The maximum absolute atomic E-state index is 14.3. The molecule has 3 heterocycles. The number of nitrogens with one attached hydrogen (secondary N) is 1. The van der Waals surface area contributed by atoms with Gasteiger partial charge in [0, 0.05) is 56.6 Å². The van der Waals surface area contributed by atoms with Crippen molar-refractivity contribution in [3.63, 3.8) is 0 Å². The normalized spacial score (nSPS) is 18.1. The number of amides is 2. The number of rotatable bonds is 10. The van der Waals surface area contributed by atoms with Crippen molar-refractivity contribution in [2.75, 3.05) is 45.8 Å². The Kier molecular flexibility index (Phi) is 10.1. The summed E-state index contributed by atoms with van der Waals surface area (Å²) < 4.78 is 29.9. The second kappa shape index (κ2) is 14.5. The fourth-order valence-corrected chi connectivity index (χ4v) is 8.36. The van der Waals surface area contributed by atoms with Gasteiger partial charge in [-0.15, -0.1) is 0 Å². The van der Waals surface area contributed by atoms with E-state index in [9.17, 15) is 18.0 Å². The first-order valence-electron chi connectivity index (χ1n) is 16.1. The van der Waals surface area contributed by atoms with Crippen molar-refractivity contribution < 1.29 is 18.0 Å². The van der Waals surface area contributed by atoms with Crippen molar-refractivity contribution in [1.82, 2.24) is 24.4 Å². The summed E-state index contributed by atoms with van der Waals surface area (Å²) in [4.78, 5) is 36.0. The number of carbonyl (C=O) groups is 2.